The molecule has 106 valence electrons. The van der Waals surface area contributed by atoms with Crippen molar-refractivity contribution in [1.82, 2.24) is 5.32 Å². The largest absolute Gasteiger partial charge is 0.296 e. The Balaban J connectivity index is 1.96. The zero-order valence-electron chi connectivity index (χ0n) is 11.9. The number of amides is 2. The number of carbonyl (C=O) groups excluding carboxylic acids is 2. The van der Waals surface area contributed by atoms with E-state index >= 15 is 0 Å². The molecule has 0 spiro atoms. The molecule has 0 aromatic heterocycles. The Bertz CT molecular complexity index is 534. The summed E-state index contributed by atoms with van der Waals surface area (Å²) in [6, 6.07) is 8.39. The summed E-state index contributed by atoms with van der Waals surface area (Å²) in [5.41, 5.74) is 2.60. The highest BCUT2D eigenvalue weighted by atomic mass is 16.2. The maximum absolute atomic E-state index is 12.1. The Morgan fingerprint density at radius 1 is 1.15 bits per heavy atom. The van der Waals surface area contributed by atoms with Crippen molar-refractivity contribution in [3.8, 4) is 0 Å². The second-order valence-corrected chi connectivity index (χ2v) is 6.02. The van der Waals surface area contributed by atoms with Crippen molar-refractivity contribution < 1.29 is 9.59 Å². The molecule has 1 saturated carbocycles. The summed E-state index contributed by atoms with van der Waals surface area (Å²) in [4.78, 5) is 23.9. The number of hydrogen-bond acceptors (Lipinski definition) is 2. The number of piperidine rings is 1. The van der Waals surface area contributed by atoms with E-state index in [2.05, 4.69) is 30.4 Å². The second-order valence-electron chi connectivity index (χ2n) is 6.02. The van der Waals surface area contributed by atoms with Crippen molar-refractivity contribution in [2.24, 2.45) is 5.92 Å². The first kappa shape index (κ1) is 13.3. The minimum atomic E-state index is -0.127. The molecule has 1 N–H and O–H groups in total. The van der Waals surface area contributed by atoms with E-state index in [1.54, 1.807) is 0 Å². The van der Waals surface area contributed by atoms with Crippen LogP contribution in [0.2, 0.25) is 0 Å². The van der Waals surface area contributed by atoms with Gasteiger partial charge in [0.05, 0.1) is 0 Å². The molecule has 0 bridgehead atoms. The molecule has 2 aliphatic rings. The molecule has 2 amide bonds. The first-order valence-electron chi connectivity index (χ1n) is 7.63. The highest BCUT2D eigenvalue weighted by molar-refractivity contribution is 5.99. The van der Waals surface area contributed by atoms with Crippen molar-refractivity contribution in [3.63, 3.8) is 0 Å². The van der Waals surface area contributed by atoms with Gasteiger partial charge in [-0.15, -0.1) is 0 Å². The summed E-state index contributed by atoms with van der Waals surface area (Å²) < 4.78 is 0. The Labute approximate surface area is 119 Å². The third-order valence-corrected chi connectivity index (χ3v) is 4.50. The van der Waals surface area contributed by atoms with Crippen LogP contribution in [0.15, 0.2) is 24.3 Å². The molecule has 0 radical (unpaired) electrons. The number of nitrogens with one attached hydrogen (secondary N) is 1. The minimum Gasteiger partial charge on any atom is -0.296 e. The maximum atomic E-state index is 12.1. The quantitative estimate of drug-likeness (QED) is 0.855. The van der Waals surface area contributed by atoms with Crippen LogP contribution in [0.4, 0.5) is 0 Å². The summed E-state index contributed by atoms with van der Waals surface area (Å²) >= 11 is 0. The fourth-order valence-corrected chi connectivity index (χ4v) is 3.39. The van der Waals surface area contributed by atoms with Gasteiger partial charge in [0.2, 0.25) is 11.8 Å². The van der Waals surface area contributed by atoms with E-state index in [0.717, 1.165) is 12.8 Å². The topological polar surface area (TPSA) is 46.2 Å². The lowest BCUT2D eigenvalue weighted by molar-refractivity contribution is -0.137. The molecule has 1 aliphatic heterocycles. The summed E-state index contributed by atoms with van der Waals surface area (Å²) in [6.07, 6.45) is 4.74. The van der Waals surface area contributed by atoms with E-state index in [-0.39, 0.29) is 23.7 Å². The lowest BCUT2D eigenvalue weighted by Crippen LogP contribution is -2.44. The standard InChI is InChI=1S/C17H21NO2/c1-2-5-14-15(10-16(19)18-17(14)20)13-7-4-3-6-12(13)11-8-9-11/h3-4,6-7,11,14-15H,2,5,8-10H2,1H3,(H,18,19,20). The van der Waals surface area contributed by atoms with Crippen LogP contribution in [-0.2, 0) is 9.59 Å². The van der Waals surface area contributed by atoms with Gasteiger partial charge in [0.25, 0.3) is 0 Å². The van der Waals surface area contributed by atoms with Gasteiger partial charge in [-0.3, -0.25) is 14.9 Å². The molecule has 1 saturated heterocycles. The van der Waals surface area contributed by atoms with E-state index < -0.39 is 0 Å². The highest BCUT2D eigenvalue weighted by Crippen LogP contribution is 2.46. The Morgan fingerprint density at radius 3 is 2.50 bits per heavy atom. The molecule has 1 aromatic carbocycles. The lowest BCUT2D eigenvalue weighted by atomic mass is 9.76. The second kappa shape index (κ2) is 5.39. The molecule has 3 rings (SSSR count). The normalized spacial score (nSPS) is 26.4. The SMILES string of the molecule is CCCC1C(=O)NC(=O)CC1c1ccccc1C1CC1. The molecular formula is C17H21NO2. The molecule has 2 atom stereocenters. The summed E-state index contributed by atoms with van der Waals surface area (Å²) in [5.74, 6) is 0.441. The summed E-state index contributed by atoms with van der Waals surface area (Å²) in [7, 11) is 0. The van der Waals surface area contributed by atoms with Crippen molar-refractivity contribution in [1.29, 1.82) is 0 Å². The first-order valence-corrected chi connectivity index (χ1v) is 7.63. The number of imide groups is 1. The van der Waals surface area contributed by atoms with Crippen LogP contribution in [0, 0.1) is 5.92 Å². The third-order valence-electron chi connectivity index (χ3n) is 4.50. The van der Waals surface area contributed by atoms with Crippen LogP contribution in [0.25, 0.3) is 0 Å². The van der Waals surface area contributed by atoms with E-state index in [1.165, 1.54) is 24.0 Å². The number of carbonyl (C=O) groups is 2. The van der Waals surface area contributed by atoms with Gasteiger partial charge in [-0.1, -0.05) is 37.6 Å². The van der Waals surface area contributed by atoms with Crippen LogP contribution in [0.1, 0.15) is 62.0 Å². The van der Waals surface area contributed by atoms with E-state index in [9.17, 15) is 9.59 Å². The van der Waals surface area contributed by atoms with Crippen LogP contribution in [0.5, 0.6) is 0 Å². The number of benzene rings is 1. The molecule has 2 fully saturated rings. The fraction of sp³-hybridized carbons (Fsp3) is 0.529. The number of hydrogen-bond donors (Lipinski definition) is 1. The summed E-state index contributed by atoms with van der Waals surface area (Å²) in [6.45, 7) is 2.09. The van der Waals surface area contributed by atoms with Crippen LogP contribution in [0.3, 0.4) is 0 Å². The first-order chi connectivity index (χ1) is 9.70. The van der Waals surface area contributed by atoms with Crippen molar-refractivity contribution >= 4 is 11.8 Å². The van der Waals surface area contributed by atoms with E-state index in [1.807, 2.05) is 6.07 Å². The zero-order chi connectivity index (χ0) is 14.1. The van der Waals surface area contributed by atoms with Crippen LogP contribution < -0.4 is 5.32 Å². The monoisotopic (exact) mass is 271 g/mol. The van der Waals surface area contributed by atoms with E-state index in [4.69, 9.17) is 0 Å². The van der Waals surface area contributed by atoms with Gasteiger partial charge in [0.1, 0.15) is 0 Å². The smallest absolute Gasteiger partial charge is 0.230 e. The molecule has 3 heteroatoms. The van der Waals surface area contributed by atoms with Gasteiger partial charge in [-0.2, -0.15) is 0 Å². The highest BCUT2D eigenvalue weighted by Gasteiger charge is 2.38. The number of rotatable bonds is 4. The van der Waals surface area contributed by atoms with Gasteiger partial charge >= 0.3 is 0 Å². The van der Waals surface area contributed by atoms with Crippen LogP contribution >= 0.6 is 0 Å². The molecule has 20 heavy (non-hydrogen) atoms. The average Bonchev–Trinajstić information content (AvgIpc) is 3.26. The maximum Gasteiger partial charge on any atom is 0.230 e. The molecular weight excluding hydrogens is 250 g/mol. The molecule has 1 aromatic rings. The third kappa shape index (κ3) is 2.49. The Morgan fingerprint density at radius 2 is 1.85 bits per heavy atom. The van der Waals surface area contributed by atoms with Gasteiger partial charge in [-0.05, 0) is 36.3 Å². The fourth-order valence-electron chi connectivity index (χ4n) is 3.39. The van der Waals surface area contributed by atoms with Gasteiger partial charge in [-0.25, -0.2) is 0 Å². The molecule has 1 heterocycles. The minimum absolute atomic E-state index is 0.0578. The lowest BCUT2D eigenvalue weighted by Gasteiger charge is -2.31. The van der Waals surface area contributed by atoms with Crippen LogP contribution in [-0.4, -0.2) is 11.8 Å². The van der Waals surface area contributed by atoms with Gasteiger partial charge < -0.3 is 0 Å². The zero-order valence-corrected chi connectivity index (χ0v) is 11.9. The molecule has 1 aliphatic carbocycles. The van der Waals surface area contributed by atoms with E-state index in [0.29, 0.717) is 12.3 Å². The van der Waals surface area contributed by atoms with Crippen molar-refractivity contribution in [2.75, 3.05) is 0 Å². The van der Waals surface area contributed by atoms with Crippen molar-refractivity contribution in [2.45, 2.75) is 50.9 Å². The predicted octanol–water partition coefficient (Wildman–Crippen LogP) is 3.11. The van der Waals surface area contributed by atoms with Gasteiger partial charge in [0, 0.05) is 18.3 Å². The Hall–Kier alpha value is -1.64. The predicted molar refractivity (Wildman–Crippen MR) is 77.3 cm³/mol. The average molecular weight is 271 g/mol. The molecule has 3 nitrogen and oxygen atoms in total. The van der Waals surface area contributed by atoms with Crippen molar-refractivity contribution in [3.05, 3.63) is 35.4 Å². The summed E-state index contributed by atoms with van der Waals surface area (Å²) in [5, 5.41) is 2.50. The Kier molecular flexibility index (Phi) is 3.60. The van der Waals surface area contributed by atoms with Gasteiger partial charge in [0.15, 0.2) is 0 Å². The molecule has 2 unspecified atom stereocenters.